The van der Waals surface area contributed by atoms with Crippen molar-refractivity contribution in [3.8, 4) is 11.4 Å². The van der Waals surface area contributed by atoms with Gasteiger partial charge in [0.25, 0.3) is 0 Å². The van der Waals surface area contributed by atoms with Crippen molar-refractivity contribution in [3.63, 3.8) is 0 Å². The van der Waals surface area contributed by atoms with Gasteiger partial charge in [-0.25, -0.2) is 0 Å². The molecule has 148 valence electrons. The molecule has 3 saturated heterocycles. The molecule has 5 heterocycles. The van der Waals surface area contributed by atoms with E-state index in [0.29, 0.717) is 17.1 Å². The van der Waals surface area contributed by atoms with E-state index in [4.69, 9.17) is 0 Å². The van der Waals surface area contributed by atoms with E-state index in [0.717, 1.165) is 50.7 Å². The number of hydrogen-bond donors (Lipinski definition) is 0. The Morgan fingerprint density at radius 3 is 1.60 bits per heavy atom. The minimum absolute atomic E-state index is 0. The van der Waals surface area contributed by atoms with Gasteiger partial charge in [-0.3, -0.25) is 19.6 Å². The zero-order valence-corrected chi connectivity index (χ0v) is 19.7. The predicted molar refractivity (Wildman–Crippen MR) is 107 cm³/mol. The Hall–Kier alpha value is -2.86. The number of carbonyl (C=O) groups excluding carboxylic acids is 2. The maximum atomic E-state index is 12.4. The van der Waals surface area contributed by atoms with Crippen LogP contribution in [-0.2, 0) is 29.1 Å². The van der Waals surface area contributed by atoms with Crippen LogP contribution >= 0.6 is 0 Å². The summed E-state index contributed by atoms with van der Waals surface area (Å²) in [5.41, 5.74) is 3.72. The van der Waals surface area contributed by atoms with Crippen LogP contribution in [0.1, 0.15) is 0 Å². The SMILES string of the molecule is O=C1C=C(N2CC2)C(=O)C(N2CC2)=C1N1CC1.[Zn].c1ccc(-c2ccccn2)nc1. The average Bonchev–Trinajstić information content (AvgIpc) is 3.60. The molecule has 4 aliphatic rings. The van der Waals surface area contributed by atoms with Gasteiger partial charge in [-0.1, -0.05) is 12.1 Å². The summed E-state index contributed by atoms with van der Waals surface area (Å²) < 4.78 is 0. The van der Waals surface area contributed by atoms with E-state index in [1.807, 2.05) is 51.1 Å². The number of hydrogen-bond acceptors (Lipinski definition) is 7. The number of rotatable bonds is 4. The van der Waals surface area contributed by atoms with Crippen molar-refractivity contribution in [2.75, 3.05) is 39.3 Å². The van der Waals surface area contributed by atoms with Gasteiger partial charge in [0.05, 0.1) is 17.1 Å². The maximum absolute atomic E-state index is 12.4. The molecule has 3 aliphatic heterocycles. The fourth-order valence-corrected chi connectivity index (χ4v) is 3.30. The van der Waals surface area contributed by atoms with Gasteiger partial charge in [-0.2, -0.15) is 0 Å². The third-order valence-electron chi connectivity index (χ3n) is 5.08. The standard InChI is InChI=1S/C12H13N3O2.C10H8N2.Zn/c16-9-7-8(13-1-2-13)12(17)11(15-5-6-15)10(9)14-3-4-14;1-3-7-11-9(5-1)10-6-2-4-8-12-10;/h7H,1-6H2;1-8H;. The number of Topliss-reactive ketones (excluding diaryl/α,β-unsaturated/α-hetero) is 1. The summed E-state index contributed by atoms with van der Waals surface area (Å²) in [7, 11) is 0. The second kappa shape index (κ2) is 8.48. The second-order valence-corrected chi connectivity index (χ2v) is 7.31. The number of pyridine rings is 2. The molecule has 0 N–H and O–H groups in total. The van der Waals surface area contributed by atoms with Crippen LogP contribution in [0.3, 0.4) is 0 Å². The minimum atomic E-state index is 0. The van der Waals surface area contributed by atoms with Gasteiger partial charge in [-0.15, -0.1) is 0 Å². The zero-order chi connectivity index (χ0) is 19.8. The molecule has 6 rings (SSSR count). The van der Waals surface area contributed by atoms with Gasteiger partial charge >= 0.3 is 0 Å². The first-order valence-corrected chi connectivity index (χ1v) is 9.84. The molecule has 2 aromatic rings. The number of allylic oxidation sites excluding steroid dienone is 1. The number of carbonyl (C=O) groups is 2. The van der Waals surface area contributed by atoms with Crippen LogP contribution in [0.5, 0.6) is 0 Å². The summed E-state index contributed by atoms with van der Waals surface area (Å²) in [5, 5.41) is 0. The molecule has 0 spiro atoms. The van der Waals surface area contributed by atoms with Gasteiger partial charge in [-0.05, 0) is 24.3 Å². The van der Waals surface area contributed by atoms with E-state index < -0.39 is 0 Å². The molecule has 2 aromatic heterocycles. The fourth-order valence-electron chi connectivity index (χ4n) is 3.30. The summed E-state index contributed by atoms with van der Waals surface area (Å²) in [5.74, 6) is 0.0485. The number of nitrogens with zero attached hydrogens (tertiary/aromatic N) is 5. The predicted octanol–water partition coefficient (Wildman–Crippen LogP) is 1.32. The Morgan fingerprint density at radius 2 is 1.17 bits per heavy atom. The van der Waals surface area contributed by atoms with Crippen molar-refractivity contribution < 1.29 is 29.1 Å². The Balaban J connectivity index is 0.000000149. The van der Waals surface area contributed by atoms with Gasteiger partial charge < -0.3 is 14.7 Å². The molecular weight excluding hydrogens is 432 g/mol. The van der Waals surface area contributed by atoms with Crippen LogP contribution in [0.2, 0.25) is 0 Å². The molecule has 3 fully saturated rings. The molecule has 0 aromatic carbocycles. The monoisotopic (exact) mass is 451 g/mol. The third kappa shape index (κ3) is 4.34. The van der Waals surface area contributed by atoms with Crippen molar-refractivity contribution in [1.82, 2.24) is 24.7 Å². The second-order valence-electron chi connectivity index (χ2n) is 7.31. The summed E-state index contributed by atoms with van der Waals surface area (Å²) in [4.78, 5) is 38.8. The molecule has 0 radical (unpaired) electrons. The molecule has 30 heavy (non-hydrogen) atoms. The first kappa shape index (κ1) is 20.4. The van der Waals surface area contributed by atoms with Crippen LogP contribution in [0, 0.1) is 0 Å². The quantitative estimate of drug-likeness (QED) is 0.394. The zero-order valence-electron chi connectivity index (χ0n) is 16.7. The molecule has 0 unspecified atom stereocenters. The fraction of sp³-hybridized carbons (Fsp3) is 0.273. The molecule has 0 saturated carbocycles. The average molecular weight is 453 g/mol. The van der Waals surface area contributed by atoms with E-state index in [-0.39, 0.29) is 31.0 Å². The van der Waals surface area contributed by atoms with Gasteiger partial charge in [0, 0.05) is 77.2 Å². The minimum Gasteiger partial charge on any atom is -0.365 e. The van der Waals surface area contributed by atoms with Gasteiger partial charge in [0.2, 0.25) is 11.6 Å². The van der Waals surface area contributed by atoms with E-state index in [2.05, 4.69) is 9.97 Å². The Labute approximate surface area is 187 Å². The van der Waals surface area contributed by atoms with Crippen LogP contribution in [-0.4, -0.2) is 75.5 Å². The summed E-state index contributed by atoms with van der Waals surface area (Å²) in [6, 6.07) is 11.6. The van der Waals surface area contributed by atoms with Crippen LogP contribution in [0.4, 0.5) is 0 Å². The maximum Gasteiger partial charge on any atom is 0.227 e. The van der Waals surface area contributed by atoms with E-state index in [1.54, 1.807) is 12.4 Å². The number of ketones is 2. The van der Waals surface area contributed by atoms with Crippen molar-refractivity contribution in [2.45, 2.75) is 0 Å². The first-order chi connectivity index (χ1) is 14.2. The Bertz CT molecular complexity index is 973. The number of aromatic nitrogens is 2. The summed E-state index contributed by atoms with van der Waals surface area (Å²) >= 11 is 0. The largest absolute Gasteiger partial charge is 0.365 e. The van der Waals surface area contributed by atoms with Crippen LogP contribution in [0.25, 0.3) is 11.4 Å². The van der Waals surface area contributed by atoms with Crippen LogP contribution < -0.4 is 0 Å². The smallest absolute Gasteiger partial charge is 0.227 e. The van der Waals surface area contributed by atoms with E-state index in [9.17, 15) is 9.59 Å². The van der Waals surface area contributed by atoms with Crippen molar-refractivity contribution in [2.24, 2.45) is 0 Å². The van der Waals surface area contributed by atoms with Crippen molar-refractivity contribution in [3.05, 3.63) is 72.0 Å². The normalized spacial score (nSPS) is 18.9. The molecule has 1 aliphatic carbocycles. The van der Waals surface area contributed by atoms with E-state index >= 15 is 0 Å². The topological polar surface area (TPSA) is 68.9 Å². The Kier molecular flexibility index (Phi) is 5.77. The van der Waals surface area contributed by atoms with Crippen LogP contribution in [0.15, 0.2) is 72.0 Å². The molecule has 0 atom stereocenters. The van der Waals surface area contributed by atoms with Crippen molar-refractivity contribution >= 4 is 11.6 Å². The van der Waals surface area contributed by atoms with Gasteiger partial charge in [0.15, 0.2) is 0 Å². The summed E-state index contributed by atoms with van der Waals surface area (Å²) in [6.07, 6.45) is 5.06. The van der Waals surface area contributed by atoms with E-state index in [1.165, 1.54) is 6.08 Å². The first-order valence-electron chi connectivity index (χ1n) is 9.84. The third-order valence-corrected chi connectivity index (χ3v) is 5.08. The molecule has 0 bridgehead atoms. The summed E-state index contributed by atoms with van der Waals surface area (Å²) in [6.45, 7) is 5.41. The Morgan fingerprint density at radius 1 is 0.667 bits per heavy atom. The van der Waals surface area contributed by atoms with Crippen molar-refractivity contribution in [1.29, 1.82) is 0 Å². The molecular formula is C22H21N5O2Zn. The molecule has 0 amide bonds. The van der Waals surface area contributed by atoms with Gasteiger partial charge in [0.1, 0.15) is 11.4 Å². The molecule has 8 heteroatoms. The molecule has 7 nitrogen and oxygen atoms in total.